The number of likely N-dealkylation sites (tertiary alicyclic amines) is 1. The summed E-state index contributed by atoms with van der Waals surface area (Å²) < 4.78 is 2.32. The maximum Gasteiger partial charge on any atom is 0.169 e. The van der Waals surface area contributed by atoms with Crippen LogP contribution in [0.2, 0.25) is 0 Å². The number of hydrogen-bond donors (Lipinski definition) is 1. The molecule has 2 aromatic carbocycles. The van der Waals surface area contributed by atoms with Crippen LogP contribution in [-0.4, -0.2) is 38.3 Å². The molecule has 0 atom stereocenters. The Labute approximate surface area is 187 Å². The Kier molecular flexibility index (Phi) is 5.83. The van der Waals surface area contributed by atoms with Crippen molar-refractivity contribution in [3.8, 4) is 0 Å². The third-order valence-corrected chi connectivity index (χ3v) is 7.16. The highest BCUT2D eigenvalue weighted by Crippen LogP contribution is 2.33. The van der Waals surface area contributed by atoms with Gasteiger partial charge in [0.2, 0.25) is 0 Å². The van der Waals surface area contributed by atoms with Crippen LogP contribution in [0, 0.1) is 0 Å². The Balaban J connectivity index is 1.53. The van der Waals surface area contributed by atoms with Crippen molar-refractivity contribution in [3.05, 3.63) is 59.7 Å². The van der Waals surface area contributed by atoms with E-state index < -0.39 is 0 Å². The lowest BCUT2D eigenvalue weighted by Gasteiger charge is -2.15. The molecule has 0 bridgehead atoms. The Morgan fingerprint density at radius 3 is 2.39 bits per heavy atom. The summed E-state index contributed by atoms with van der Waals surface area (Å²) in [6.45, 7) is 6.48. The first kappa shape index (κ1) is 20.3. The topological polar surface area (TPSA) is 60.0 Å². The van der Waals surface area contributed by atoms with E-state index in [2.05, 4.69) is 57.8 Å². The van der Waals surface area contributed by atoms with E-state index >= 15 is 0 Å². The lowest BCUT2D eigenvalue weighted by atomic mass is 10.1. The van der Waals surface area contributed by atoms with Crippen molar-refractivity contribution >= 4 is 39.5 Å². The van der Waals surface area contributed by atoms with Crippen molar-refractivity contribution in [1.82, 2.24) is 19.4 Å². The Morgan fingerprint density at radius 2 is 1.65 bits per heavy atom. The smallest absolute Gasteiger partial charge is 0.169 e. The van der Waals surface area contributed by atoms with Crippen LogP contribution in [0.4, 0.5) is 5.82 Å². The number of pyridine rings is 1. The fourth-order valence-corrected chi connectivity index (χ4v) is 5.27. The molecule has 1 aliphatic heterocycles. The SMILES string of the molecule is CCCSc1nc2c(N)nc3ccccc3c2n1Cc1ccc(CN2CCCC2)cc1. The van der Waals surface area contributed by atoms with Crippen LogP contribution in [0.15, 0.2) is 53.7 Å². The molecular weight excluding hydrogens is 402 g/mol. The third-order valence-electron chi connectivity index (χ3n) is 5.98. The lowest BCUT2D eigenvalue weighted by molar-refractivity contribution is 0.331. The van der Waals surface area contributed by atoms with Gasteiger partial charge in [-0.3, -0.25) is 4.90 Å². The van der Waals surface area contributed by atoms with Crippen LogP contribution in [-0.2, 0) is 13.1 Å². The van der Waals surface area contributed by atoms with Gasteiger partial charge >= 0.3 is 0 Å². The van der Waals surface area contributed by atoms with E-state index in [4.69, 9.17) is 10.7 Å². The molecule has 2 aromatic heterocycles. The Morgan fingerprint density at radius 1 is 0.935 bits per heavy atom. The van der Waals surface area contributed by atoms with E-state index in [1.54, 1.807) is 11.8 Å². The van der Waals surface area contributed by atoms with Crippen molar-refractivity contribution < 1.29 is 0 Å². The van der Waals surface area contributed by atoms with Crippen LogP contribution in [0.25, 0.3) is 21.9 Å². The van der Waals surface area contributed by atoms with Gasteiger partial charge in [-0.2, -0.15) is 0 Å². The van der Waals surface area contributed by atoms with E-state index in [9.17, 15) is 0 Å². The monoisotopic (exact) mass is 431 g/mol. The summed E-state index contributed by atoms with van der Waals surface area (Å²) in [6.07, 6.45) is 3.76. The summed E-state index contributed by atoms with van der Waals surface area (Å²) >= 11 is 1.80. The number of thioether (sulfide) groups is 1. The Bertz CT molecular complexity index is 1190. The number of imidazole rings is 1. The summed E-state index contributed by atoms with van der Waals surface area (Å²) in [5, 5.41) is 2.12. The van der Waals surface area contributed by atoms with Crippen LogP contribution in [0.5, 0.6) is 0 Å². The first-order valence-electron chi connectivity index (χ1n) is 11.2. The van der Waals surface area contributed by atoms with Gasteiger partial charge in [-0.25, -0.2) is 9.97 Å². The van der Waals surface area contributed by atoms with Crippen LogP contribution < -0.4 is 5.73 Å². The summed E-state index contributed by atoms with van der Waals surface area (Å²) in [5.41, 5.74) is 11.8. The minimum atomic E-state index is 0.506. The molecule has 6 heteroatoms. The van der Waals surface area contributed by atoms with Gasteiger partial charge < -0.3 is 10.3 Å². The standard InChI is InChI=1S/C25H29N5S/c1-2-15-31-25-28-22-23(20-7-3-4-8-21(20)27-24(22)26)30(25)17-19-11-9-18(10-12-19)16-29-13-5-6-14-29/h3-4,7-12H,2,5-6,13-17H2,1H3,(H2,26,27). The number of fused-ring (bicyclic) bond motifs is 3. The van der Waals surface area contributed by atoms with Crippen LogP contribution in [0.1, 0.15) is 37.3 Å². The molecule has 5 rings (SSSR count). The van der Waals surface area contributed by atoms with Crippen molar-refractivity contribution in [2.24, 2.45) is 0 Å². The number of para-hydroxylation sites is 1. The lowest BCUT2D eigenvalue weighted by Crippen LogP contribution is -2.18. The molecule has 1 aliphatic rings. The Hall–Kier alpha value is -2.57. The van der Waals surface area contributed by atoms with Crippen molar-refractivity contribution in [2.45, 2.75) is 44.4 Å². The largest absolute Gasteiger partial charge is 0.382 e. The van der Waals surface area contributed by atoms with Gasteiger partial charge in [0.15, 0.2) is 11.0 Å². The highest BCUT2D eigenvalue weighted by atomic mass is 32.2. The van der Waals surface area contributed by atoms with Gasteiger partial charge in [-0.15, -0.1) is 0 Å². The summed E-state index contributed by atoms with van der Waals surface area (Å²) in [6, 6.07) is 17.3. The number of benzene rings is 2. The number of aromatic nitrogens is 3. The highest BCUT2D eigenvalue weighted by Gasteiger charge is 2.18. The zero-order valence-corrected chi connectivity index (χ0v) is 18.9. The molecule has 0 spiro atoms. The highest BCUT2D eigenvalue weighted by molar-refractivity contribution is 7.99. The fourth-order valence-electron chi connectivity index (χ4n) is 4.42. The molecule has 160 valence electrons. The number of rotatable bonds is 7. The van der Waals surface area contributed by atoms with Crippen LogP contribution >= 0.6 is 11.8 Å². The van der Waals surface area contributed by atoms with E-state index in [-0.39, 0.29) is 0 Å². The molecule has 0 radical (unpaired) electrons. The average molecular weight is 432 g/mol. The first-order chi connectivity index (χ1) is 15.2. The van der Waals surface area contributed by atoms with Gasteiger partial charge in [0.05, 0.1) is 17.6 Å². The third kappa shape index (κ3) is 4.14. The van der Waals surface area contributed by atoms with E-state index in [1.807, 2.05) is 12.1 Å². The van der Waals surface area contributed by atoms with Gasteiger partial charge in [0.25, 0.3) is 0 Å². The first-order valence-corrected chi connectivity index (χ1v) is 12.2. The minimum Gasteiger partial charge on any atom is -0.382 e. The van der Waals surface area contributed by atoms with Gasteiger partial charge in [-0.05, 0) is 49.5 Å². The average Bonchev–Trinajstić information content (AvgIpc) is 3.42. The molecule has 1 saturated heterocycles. The molecule has 3 heterocycles. The second-order valence-corrected chi connectivity index (χ2v) is 9.40. The predicted molar refractivity (Wildman–Crippen MR) is 131 cm³/mol. The number of anilines is 1. The maximum atomic E-state index is 6.32. The predicted octanol–water partition coefficient (Wildman–Crippen LogP) is 5.31. The molecule has 2 N–H and O–H groups in total. The number of nitrogens with zero attached hydrogens (tertiary/aromatic N) is 4. The molecule has 4 aromatic rings. The molecule has 0 amide bonds. The zero-order chi connectivity index (χ0) is 21.2. The van der Waals surface area contributed by atoms with E-state index in [0.29, 0.717) is 5.82 Å². The number of nitrogens with two attached hydrogens (primary N) is 1. The van der Waals surface area contributed by atoms with Crippen molar-refractivity contribution in [2.75, 3.05) is 24.6 Å². The van der Waals surface area contributed by atoms with E-state index in [1.165, 1.54) is 37.1 Å². The van der Waals surface area contributed by atoms with Crippen molar-refractivity contribution in [1.29, 1.82) is 0 Å². The minimum absolute atomic E-state index is 0.506. The van der Waals surface area contributed by atoms with Gasteiger partial charge in [0.1, 0.15) is 5.52 Å². The zero-order valence-electron chi connectivity index (χ0n) is 18.1. The molecule has 0 unspecified atom stereocenters. The molecule has 1 fully saturated rings. The van der Waals surface area contributed by atoms with Crippen LogP contribution in [0.3, 0.4) is 0 Å². The normalized spacial score (nSPS) is 14.7. The summed E-state index contributed by atoms with van der Waals surface area (Å²) in [7, 11) is 0. The second kappa shape index (κ2) is 8.89. The van der Waals surface area contributed by atoms with Gasteiger partial charge in [-0.1, -0.05) is 61.2 Å². The summed E-state index contributed by atoms with van der Waals surface area (Å²) in [5.74, 6) is 1.54. The molecule has 0 aliphatic carbocycles. The number of nitrogen functional groups attached to an aromatic ring is 1. The quantitative estimate of drug-likeness (QED) is 0.402. The summed E-state index contributed by atoms with van der Waals surface area (Å²) in [4.78, 5) is 12.0. The fraction of sp³-hybridized carbons (Fsp3) is 0.360. The second-order valence-electron chi connectivity index (χ2n) is 8.34. The van der Waals surface area contributed by atoms with Gasteiger partial charge in [0, 0.05) is 17.7 Å². The maximum absolute atomic E-state index is 6.32. The molecule has 0 saturated carbocycles. The number of hydrogen-bond acceptors (Lipinski definition) is 5. The molecule has 5 nitrogen and oxygen atoms in total. The van der Waals surface area contributed by atoms with E-state index in [0.717, 1.165) is 52.4 Å². The van der Waals surface area contributed by atoms with Crippen molar-refractivity contribution in [3.63, 3.8) is 0 Å². The molecule has 31 heavy (non-hydrogen) atoms. The molecular formula is C25H29N5S.